The zero-order chi connectivity index (χ0) is 26.7. The molecule has 1 aromatic carbocycles. The number of alkyl halides is 3. The summed E-state index contributed by atoms with van der Waals surface area (Å²) in [6.45, 7) is 8.11. The Hall–Kier alpha value is -2.81. The molecule has 36 heavy (non-hydrogen) atoms. The molecule has 198 valence electrons. The van der Waals surface area contributed by atoms with Crippen molar-refractivity contribution in [2.45, 2.75) is 71.0 Å². The number of rotatable bonds is 9. The first-order valence-electron chi connectivity index (χ1n) is 11.4. The molecule has 2 heterocycles. The number of ether oxygens (including phenoxy) is 1. The zero-order valence-corrected chi connectivity index (χ0v) is 21.8. The van der Waals surface area contributed by atoms with E-state index in [2.05, 4.69) is 20.4 Å². The van der Waals surface area contributed by atoms with Crippen molar-refractivity contribution in [3.63, 3.8) is 0 Å². The molecule has 0 aliphatic carbocycles. The Balaban J connectivity index is 1.99. The van der Waals surface area contributed by atoms with Gasteiger partial charge in [0.2, 0.25) is 5.01 Å². The van der Waals surface area contributed by atoms with E-state index in [0.717, 1.165) is 29.7 Å². The summed E-state index contributed by atoms with van der Waals surface area (Å²) in [5, 5.41) is 15.2. The number of carbonyl (C=O) groups is 1. The van der Waals surface area contributed by atoms with Crippen molar-refractivity contribution in [1.82, 2.24) is 10.2 Å². The number of nitrogens with zero attached hydrogens (tertiary/aromatic N) is 5. The van der Waals surface area contributed by atoms with E-state index in [1.54, 1.807) is 11.6 Å². The van der Waals surface area contributed by atoms with Crippen molar-refractivity contribution in [1.29, 1.82) is 0 Å². The van der Waals surface area contributed by atoms with E-state index in [9.17, 15) is 26.4 Å². The van der Waals surface area contributed by atoms with Gasteiger partial charge in [0.15, 0.2) is 0 Å². The van der Waals surface area contributed by atoms with Crippen molar-refractivity contribution in [3.8, 4) is 0 Å². The molecular weight excluding hydrogens is 521 g/mol. The SMILES string of the molecule is CCC(C)OC(=O)c1nnc(N=Nc2cc3c(cc2NS(=O)(=O)C(F)(F)F)N(CC)C(CC)CC3)s1. The maximum absolute atomic E-state index is 13.1. The van der Waals surface area contributed by atoms with Gasteiger partial charge in [-0.2, -0.15) is 21.6 Å². The Morgan fingerprint density at radius 3 is 2.61 bits per heavy atom. The minimum atomic E-state index is -5.70. The van der Waals surface area contributed by atoms with Crippen LogP contribution in [0, 0.1) is 0 Å². The van der Waals surface area contributed by atoms with Crippen LogP contribution in [0.25, 0.3) is 0 Å². The van der Waals surface area contributed by atoms with Gasteiger partial charge in [-0.25, -0.2) is 4.79 Å². The maximum atomic E-state index is 13.1. The maximum Gasteiger partial charge on any atom is 0.516 e. The summed E-state index contributed by atoms with van der Waals surface area (Å²) in [6.07, 6.45) is 2.60. The second-order valence-corrected chi connectivity index (χ2v) is 10.8. The van der Waals surface area contributed by atoms with Gasteiger partial charge in [-0.1, -0.05) is 25.2 Å². The molecule has 1 aliphatic heterocycles. The lowest BCUT2D eigenvalue weighted by molar-refractivity contribution is -0.0429. The molecule has 1 N–H and O–H groups in total. The van der Waals surface area contributed by atoms with E-state index in [4.69, 9.17) is 4.74 Å². The minimum absolute atomic E-state index is 0.0466. The fourth-order valence-electron chi connectivity index (χ4n) is 3.73. The van der Waals surface area contributed by atoms with Gasteiger partial charge in [-0.15, -0.1) is 20.4 Å². The summed E-state index contributed by atoms with van der Waals surface area (Å²) < 4.78 is 69.9. The van der Waals surface area contributed by atoms with Crippen molar-refractivity contribution < 1.29 is 31.1 Å². The third-order valence-corrected chi connectivity index (χ3v) is 7.66. The normalized spacial score (nSPS) is 17.2. The molecule has 0 bridgehead atoms. The molecule has 1 aliphatic rings. The lowest BCUT2D eigenvalue weighted by Gasteiger charge is -2.38. The summed E-state index contributed by atoms with van der Waals surface area (Å²) in [4.78, 5) is 14.1. The molecule has 0 spiro atoms. The van der Waals surface area contributed by atoms with Gasteiger partial charge in [0, 0.05) is 18.3 Å². The second kappa shape index (κ2) is 11.1. The fourth-order valence-corrected chi connectivity index (χ4v) is 4.85. The Kier molecular flexibility index (Phi) is 8.54. The van der Waals surface area contributed by atoms with Gasteiger partial charge in [0.05, 0.1) is 11.8 Å². The van der Waals surface area contributed by atoms with Gasteiger partial charge < -0.3 is 9.64 Å². The predicted octanol–water partition coefficient (Wildman–Crippen LogP) is 5.72. The van der Waals surface area contributed by atoms with Crippen LogP contribution in [0.3, 0.4) is 0 Å². The highest BCUT2D eigenvalue weighted by atomic mass is 32.2. The van der Waals surface area contributed by atoms with Gasteiger partial charge in [-0.3, -0.25) is 4.72 Å². The van der Waals surface area contributed by atoms with E-state index in [1.165, 1.54) is 12.1 Å². The average Bonchev–Trinajstić information content (AvgIpc) is 3.30. The van der Waals surface area contributed by atoms with E-state index in [1.807, 2.05) is 25.7 Å². The lowest BCUT2D eigenvalue weighted by Crippen LogP contribution is -2.39. The summed E-state index contributed by atoms with van der Waals surface area (Å²) in [5.41, 5.74) is -4.56. The van der Waals surface area contributed by atoms with E-state index < -0.39 is 21.5 Å². The molecule has 2 unspecified atom stereocenters. The number of azo groups is 1. The predicted molar refractivity (Wildman–Crippen MR) is 130 cm³/mol. The number of aromatic nitrogens is 2. The standard InChI is InChI=1S/C21H27F3N6O4S2/c1-5-12(4)34-19(31)18-26-28-20(35-18)27-25-15-10-13-8-9-14(6-2)30(7-3)17(13)11-16(15)29-36(32,33)21(22,23)24/h10-12,14,29H,5-9H2,1-4H3. The van der Waals surface area contributed by atoms with Crippen molar-refractivity contribution >= 4 is 49.5 Å². The van der Waals surface area contributed by atoms with Crippen LogP contribution in [-0.2, 0) is 21.2 Å². The average molecular weight is 549 g/mol. The largest absolute Gasteiger partial charge is 0.516 e. The van der Waals surface area contributed by atoms with Crippen LogP contribution in [-0.4, -0.2) is 48.8 Å². The van der Waals surface area contributed by atoms with Crippen LogP contribution in [0.5, 0.6) is 0 Å². The zero-order valence-electron chi connectivity index (χ0n) is 20.2. The number of halogens is 3. The number of hydrogen-bond donors (Lipinski definition) is 1. The number of hydrogen-bond acceptors (Lipinski definition) is 10. The number of carbonyl (C=O) groups excluding carboxylic acids is 1. The van der Waals surface area contributed by atoms with Crippen LogP contribution in [0.1, 0.15) is 62.3 Å². The topological polar surface area (TPSA) is 126 Å². The number of esters is 1. The molecule has 0 amide bonds. The highest BCUT2D eigenvalue weighted by Gasteiger charge is 2.46. The van der Waals surface area contributed by atoms with Crippen molar-refractivity contribution in [3.05, 3.63) is 22.7 Å². The third kappa shape index (κ3) is 6.11. The molecule has 10 nitrogen and oxygen atoms in total. The number of aryl methyl sites for hydroxylation is 1. The van der Waals surface area contributed by atoms with E-state index in [-0.39, 0.29) is 33.7 Å². The van der Waals surface area contributed by atoms with Gasteiger partial charge in [0.1, 0.15) is 5.69 Å². The molecule has 15 heteroatoms. The molecule has 1 aromatic heterocycles. The number of nitrogens with one attached hydrogen (secondary N) is 1. The molecule has 2 atom stereocenters. The molecule has 0 saturated heterocycles. The molecule has 0 saturated carbocycles. The number of benzene rings is 1. The number of sulfonamides is 1. The Bertz CT molecular complexity index is 1230. The van der Waals surface area contributed by atoms with Crippen molar-refractivity contribution in [2.75, 3.05) is 16.2 Å². The molecular formula is C21H27F3N6O4S2. The van der Waals surface area contributed by atoms with Crippen LogP contribution in [0.4, 0.5) is 35.4 Å². The monoisotopic (exact) mass is 548 g/mol. The molecule has 3 rings (SSSR count). The third-order valence-electron chi connectivity index (χ3n) is 5.77. The van der Waals surface area contributed by atoms with Crippen LogP contribution in [0.2, 0.25) is 0 Å². The Morgan fingerprint density at radius 1 is 1.28 bits per heavy atom. The van der Waals surface area contributed by atoms with E-state index >= 15 is 0 Å². The van der Waals surface area contributed by atoms with Crippen LogP contribution >= 0.6 is 11.3 Å². The lowest BCUT2D eigenvalue weighted by atomic mass is 9.93. The Labute approximate surface area is 211 Å². The highest BCUT2D eigenvalue weighted by Crippen LogP contribution is 2.41. The minimum Gasteiger partial charge on any atom is -0.457 e. The first kappa shape index (κ1) is 27.8. The summed E-state index contributed by atoms with van der Waals surface area (Å²) in [7, 11) is -5.70. The summed E-state index contributed by atoms with van der Waals surface area (Å²) in [5.74, 6) is -0.680. The first-order valence-corrected chi connectivity index (χ1v) is 13.7. The highest BCUT2D eigenvalue weighted by molar-refractivity contribution is 7.93. The molecule has 0 fully saturated rings. The van der Waals surface area contributed by atoms with Crippen LogP contribution in [0.15, 0.2) is 22.4 Å². The molecule has 0 radical (unpaired) electrons. The quantitative estimate of drug-likeness (QED) is 0.314. The summed E-state index contributed by atoms with van der Waals surface area (Å²) >= 11 is 0.788. The van der Waals surface area contributed by atoms with Crippen molar-refractivity contribution in [2.24, 2.45) is 10.2 Å². The second-order valence-electron chi connectivity index (χ2n) is 8.15. The Morgan fingerprint density at radius 2 is 2.00 bits per heavy atom. The van der Waals surface area contributed by atoms with Gasteiger partial charge in [0.25, 0.3) is 5.13 Å². The number of anilines is 2. The van der Waals surface area contributed by atoms with Gasteiger partial charge in [-0.05, 0) is 57.2 Å². The summed E-state index contributed by atoms with van der Waals surface area (Å²) in [6, 6.07) is 3.05. The molecule has 2 aromatic rings. The van der Waals surface area contributed by atoms with Crippen LogP contribution < -0.4 is 9.62 Å². The number of fused-ring (bicyclic) bond motifs is 1. The first-order chi connectivity index (χ1) is 16.9. The smallest absolute Gasteiger partial charge is 0.457 e. The van der Waals surface area contributed by atoms with Gasteiger partial charge >= 0.3 is 21.5 Å². The fraction of sp³-hybridized carbons (Fsp3) is 0.571. The van der Waals surface area contributed by atoms with E-state index in [0.29, 0.717) is 25.1 Å².